The Labute approximate surface area is 144 Å². The van der Waals surface area contributed by atoms with Crippen molar-refractivity contribution in [3.05, 3.63) is 41.6 Å². The number of anilines is 2. The van der Waals surface area contributed by atoms with Crippen molar-refractivity contribution in [1.82, 2.24) is 9.97 Å². The van der Waals surface area contributed by atoms with Crippen LogP contribution in [0.25, 0.3) is 0 Å². The van der Waals surface area contributed by atoms with Gasteiger partial charge in [-0.2, -0.15) is 4.98 Å². The van der Waals surface area contributed by atoms with Gasteiger partial charge in [0, 0.05) is 37.0 Å². The molecule has 1 N–H and O–H groups in total. The molecule has 1 aromatic heterocycles. The maximum atomic E-state index is 5.40. The normalized spacial score (nSPS) is 15.4. The quantitative estimate of drug-likeness (QED) is 0.909. The Morgan fingerprint density at radius 1 is 1.21 bits per heavy atom. The summed E-state index contributed by atoms with van der Waals surface area (Å²) in [5.74, 6) is 3.39. The van der Waals surface area contributed by atoms with Crippen molar-refractivity contribution >= 4 is 11.8 Å². The molecule has 0 bridgehead atoms. The highest BCUT2D eigenvalue weighted by molar-refractivity contribution is 5.46. The molecular formula is C19H26N4O. The van der Waals surface area contributed by atoms with Crippen LogP contribution < -0.4 is 15.0 Å². The summed E-state index contributed by atoms with van der Waals surface area (Å²) in [7, 11) is 1.69. The Bertz CT molecular complexity index is 681. The second-order valence-corrected chi connectivity index (χ2v) is 6.53. The molecule has 24 heavy (non-hydrogen) atoms. The third kappa shape index (κ3) is 3.96. The Hall–Kier alpha value is -2.30. The third-order valence-electron chi connectivity index (χ3n) is 4.58. The maximum absolute atomic E-state index is 5.40. The number of aryl methyl sites for hydroxylation is 1. The highest BCUT2D eigenvalue weighted by atomic mass is 16.5. The Morgan fingerprint density at radius 3 is 2.71 bits per heavy atom. The van der Waals surface area contributed by atoms with Crippen molar-refractivity contribution < 1.29 is 4.74 Å². The minimum absolute atomic E-state index is 0.643. The predicted octanol–water partition coefficient (Wildman–Crippen LogP) is 3.64. The predicted molar refractivity (Wildman–Crippen MR) is 97.7 cm³/mol. The van der Waals surface area contributed by atoms with E-state index in [0.29, 0.717) is 12.5 Å². The van der Waals surface area contributed by atoms with E-state index in [9.17, 15) is 0 Å². The van der Waals surface area contributed by atoms with Gasteiger partial charge in [-0.3, -0.25) is 0 Å². The highest BCUT2D eigenvalue weighted by Gasteiger charge is 2.18. The molecular weight excluding hydrogens is 300 g/mol. The minimum atomic E-state index is 0.643. The zero-order valence-electron chi connectivity index (χ0n) is 14.7. The van der Waals surface area contributed by atoms with Crippen molar-refractivity contribution in [2.24, 2.45) is 5.92 Å². The summed E-state index contributed by atoms with van der Waals surface area (Å²) in [5.41, 5.74) is 2.08. The molecule has 1 aromatic carbocycles. The lowest BCUT2D eigenvalue weighted by molar-refractivity contribution is 0.410. The van der Waals surface area contributed by atoms with E-state index in [1.807, 2.05) is 25.1 Å². The van der Waals surface area contributed by atoms with Crippen molar-refractivity contribution in [2.75, 3.05) is 30.4 Å². The lowest BCUT2D eigenvalue weighted by Crippen LogP contribution is -2.33. The van der Waals surface area contributed by atoms with Crippen LogP contribution in [0.2, 0.25) is 0 Å². The van der Waals surface area contributed by atoms with Crippen LogP contribution in [0.5, 0.6) is 5.75 Å². The van der Waals surface area contributed by atoms with E-state index < -0.39 is 0 Å². The van der Waals surface area contributed by atoms with Crippen molar-refractivity contribution in [1.29, 1.82) is 0 Å². The average Bonchev–Trinajstić information content (AvgIpc) is 2.60. The molecule has 0 spiro atoms. The lowest BCUT2D eigenvalue weighted by Gasteiger charge is -2.31. The van der Waals surface area contributed by atoms with Crippen LogP contribution in [0.1, 0.15) is 31.0 Å². The van der Waals surface area contributed by atoms with E-state index >= 15 is 0 Å². The molecule has 0 atom stereocenters. The molecule has 3 rings (SSSR count). The third-order valence-corrected chi connectivity index (χ3v) is 4.58. The number of nitrogens with zero attached hydrogens (tertiary/aromatic N) is 3. The van der Waals surface area contributed by atoms with Gasteiger partial charge in [0.05, 0.1) is 7.11 Å². The average molecular weight is 326 g/mol. The van der Waals surface area contributed by atoms with Crippen LogP contribution in [-0.2, 0) is 6.54 Å². The molecule has 5 nitrogen and oxygen atoms in total. The molecule has 0 unspecified atom stereocenters. The van der Waals surface area contributed by atoms with Gasteiger partial charge in [0.2, 0.25) is 5.95 Å². The number of rotatable bonds is 5. The molecule has 1 saturated heterocycles. The van der Waals surface area contributed by atoms with E-state index in [4.69, 9.17) is 9.72 Å². The summed E-state index contributed by atoms with van der Waals surface area (Å²) in [6.45, 7) is 7.13. The number of para-hydroxylation sites is 1. The zero-order valence-corrected chi connectivity index (χ0v) is 14.7. The fourth-order valence-corrected chi connectivity index (χ4v) is 3.05. The molecule has 1 fully saturated rings. The molecule has 128 valence electrons. The second-order valence-electron chi connectivity index (χ2n) is 6.53. The highest BCUT2D eigenvalue weighted by Crippen LogP contribution is 2.23. The maximum Gasteiger partial charge on any atom is 0.225 e. The van der Waals surface area contributed by atoms with Gasteiger partial charge in [0.1, 0.15) is 11.6 Å². The number of benzene rings is 1. The molecule has 1 aliphatic heterocycles. The number of piperidine rings is 1. The van der Waals surface area contributed by atoms with Gasteiger partial charge < -0.3 is 15.0 Å². The number of methoxy groups -OCH3 is 1. The molecule has 1 aliphatic rings. The topological polar surface area (TPSA) is 50.3 Å². The van der Waals surface area contributed by atoms with Gasteiger partial charge in [-0.15, -0.1) is 0 Å². The SMILES string of the molecule is COc1ccccc1CNc1nc(C)cc(N2CCC(C)CC2)n1. The first-order valence-corrected chi connectivity index (χ1v) is 8.62. The van der Waals surface area contributed by atoms with Gasteiger partial charge in [0.15, 0.2) is 0 Å². The Kier molecular flexibility index (Phi) is 5.18. The molecule has 2 heterocycles. The lowest BCUT2D eigenvalue weighted by atomic mass is 9.99. The summed E-state index contributed by atoms with van der Waals surface area (Å²) < 4.78 is 5.40. The van der Waals surface area contributed by atoms with Crippen LogP contribution >= 0.6 is 0 Å². The first-order chi connectivity index (χ1) is 11.7. The van der Waals surface area contributed by atoms with Gasteiger partial charge in [-0.1, -0.05) is 25.1 Å². The van der Waals surface area contributed by atoms with Crippen LogP contribution in [0.15, 0.2) is 30.3 Å². The van der Waals surface area contributed by atoms with Crippen molar-refractivity contribution in [2.45, 2.75) is 33.2 Å². The number of aromatic nitrogens is 2. The van der Waals surface area contributed by atoms with Crippen molar-refractivity contribution in [3.8, 4) is 5.75 Å². The standard InChI is InChI=1S/C19H26N4O/c1-14-8-10-23(11-9-14)18-12-15(2)21-19(22-18)20-13-16-6-4-5-7-17(16)24-3/h4-7,12,14H,8-11,13H2,1-3H3,(H,20,21,22). The summed E-state index contributed by atoms with van der Waals surface area (Å²) in [5, 5.41) is 3.34. The van der Waals surface area contributed by atoms with E-state index in [1.165, 1.54) is 12.8 Å². The molecule has 0 radical (unpaired) electrons. The van der Waals surface area contributed by atoms with Gasteiger partial charge in [0.25, 0.3) is 0 Å². The van der Waals surface area contributed by atoms with E-state index in [0.717, 1.165) is 41.8 Å². The number of ether oxygens (including phenoxy) is 1. The monoisotopic (exact) mass is 326 g/mol. The van der Waals surface area contributed by atoms with Gasteiger partial charge >= 0.3 is 0 Å². The first-order valence-electron chi connectivity index (χ1n) is 8.62. The van der Waals surface area contributed by atoms with Gasteiger partial charge in [-0.05, 0) is 31.7 Å². The second kappa shape index (κ2) is 7.51. The summed E-state index contributed by atoms with van der Waals surface area (Å²) in [6, 6.07) is 10.1. The number of nitrogens with one attached hydrogen (secondary N) is 1. The number of hydrogen-bond acceptors (Lipinski definition) is 5. The number of hydrogen-bond donors (Lipinski definition) is 1. The van der Waals surface area contributed by atoms with E-state index in [1.54, 1.807) is 7.11 Å². The fraction of sp³-hybridized carbons (Fsp3) is 0.474. The van der Waals surface area contributed by atoms with E-state index in [2.05, 4.69) is 34.3 Å². The fourth-order valence-electron chi connectivity index (χ4n) is 3.05. The minimum Gasteiger partial charge on any atom is -0.496 e. The van der Waals surface area contributed by atoms with Crippen LogP contribution in [0, 0.1) is 12.8 Å². The van der Waals surface area contributed by atoms with Gasteiger partial charge in [-0.25, -0.2) is 4.98 Å². The summed E-state index contributed by atoms with van der Waals surface area (Å²) >= 11 is 0. The van der Waals surface area contributed by atoms with Crippen molar-refractivity contribution in [3.63, 3.8) is 0 Å². The summed E-state index contributed by atoms with van der Waals surface area (Å²) in [4.78, 5) is 11.6. The van der Waals surface area contributed by atoms with E-state index in [-0.39, 0.29) is 0 Å². The zero-order chi connectivity index (χ0) is 16.9. The van der Waals surface area contributed by atoms with Crippen LogP contribution in [0.3, 0.4) is 0 Å². The van der Waals surface area contributed by atoms with Crippen LogP contribution in [-0.4, -0.2) is 30.2 Å². The smallest absolute Gasteiger partial charge is 0.225 e. The molecule has 0 amide bonds. The molecule has 2 aromatic rings. The first kappa shape index (κ1) is 16.6. The molecule has 0 saturated carbocycles. The Morgan fingerprint density at radius 2 is 1.96 bits per heavy atom. The van der Waals surface area contributed by atoms with Crippen LogP contribution in [0.4, 0.5) is 11.8 Å². The largest absolute Gasteiger partial charge is 0.496 e. The Balaban J connectivity index is 1.72. The molecule has 5 heteroatoms. The summed E-state index contributed by atoms with van der Waals surface area (Å²) in [6.07, 6.45) is 2.46. The molecule has 0 aliphatic carbocycles.